The predicted octanol–water partition coefficient (Wildman–Crippen LogP) is 6.42. The third-order valence-corrected chi connectivity index (χ3v) is 6.99. The number of fused-ring (bicyclic) bond motifs is 3. The molecule has 40 heavy (non-hydrogen) atoms. The summed E-state index contributed by atoms with van der Waals surface area (Å²) in [5.41, 5.74) is 1.71. The maximum Gasteiger partial charge on any atom is 0.344 e. The van der Waals surface area contributed by atoms with Crippen molar-refractivity contribution in [2.45, 2.75) is 0 Å². The lowest BCUT2D eigenvalue weighted by atomic mass is 9.92. The molecule has 8 heteroatoms. The lowest BCUT2D eigenvalue weighted by Gasteiger charge is -2.13. The Kier molecular flexibility index (Phi) is 6.15. The van der Waals surface area contributed by atoms with Crippen molar-refractivity contribution in [1.29, 1.82) is 0 Å². The fourth-order valence-corrected chi connectivity index (χ4v) is 5.04. The highest BCUT2D eigenvalue weighted by atomic mass is 16.5. The molecule has 0 N–H and O–H groups in total. The van der Waals surface area contributed by atoms with Crippen molar-refractivity contribution >= 4 is 32.7 Å². The van der Waals surface area contributed by atoms with E-state index in [4.69, 9.17) is 27.8 Å². The zero-order valence-electron chi connectivity index (χ0n) is 22.2. The molecular formula is C32H24O8. The van der Waals surface area contributed by atoms with Gasteiger partial charge in [0.05, 0.1) is 50.3 Å². The van der Waals surface area contributed by atoms with Gasteiger partial charge in [-0.2, -0.15) is 0 Å². The molecule has 8 nitrogen and oxygen atoms in total. The molecule has 0 atom stereocenters. The van der Waals surface area contributed by atoms with Gasteiger partial charge in [-0.25, -0.2) is 9.59 Å². The van der Waals surface area contributed by atoms with Gasteiger partial charge in [0.15, 0.2) is 0 Å². The Morgan fingerprint density at radius 1 is 0.475 bits per heavy atom. The second-order valence-corrected chi connectivity index (χ2v) is 9.08. The van der Waals surface area contributed by atoms with E-state index in [1.54, 1.807) is 62.8 Å². The van der Waals surface area contributed by atoms with Gasteiger partial charge in [-0.3, -0.25) is 0 Å². The summed E-state index contributed by atoms with van der Waals surface area (Å²) < 4.78 is 33.1. The molecule has 0 fully saturated rings. The van der Waals surface area contributed by atoms with E-state index in [2.05, 4.69) is 0 Å². The quantitative estimate of drug-likeness (QED) is 0.225. The summed E-state index contributed by atoms with van der Waals surface area (Å²) in [6.45, 7) is 0. The molecule has 0 aliphatic heterocycles. The van der Waals surface area contributed by atoms with E-state index in [1.807, 2.05) is 24.3 Å². The first-order chi connectivity index (χ1) is 19.4. The highest BCUT2D eigenvalue weighted by molar-refractivity contribution is 6.06. The highest BCUT2D eigenvalue weighted by Gasteiger charge is 2.19. The zero-order valence-corrected chi connectivity index (χ0v) is 22.2. The van der Waals surface area contributed by atoms with Crippen molar-refractivity contribution in [1.82, 2.24) is 0 Å². The molecule has 0 amide bonds. The van der Waals surface area contributed by atoms with Crippen LogP contribution in [-0.4, -0.2) is 28.4 Å². The molecule has 4 aromatic carbocycles. The van der Waals surface area contributed by atoms with Gasteiger partial charge < -0.3 is 27.8 Å². The molecule has 0 aliphatic rings. The lowest BCUT2D eigenvalue weighted by Crippen LogP contribution is -2.06. The number of benzene rings is 4. The molecule has 6 rings (SSSR count). The van der Waals surface area contributed by atoms with Crippen molar-refractivity contribution in [3.63, 3.8) is 0 Å². The second kappa shape index (κ2) is 9.81. The summed E-state index contributed by atoms with van der Waals surface area (Å²) >= 11 is 0. The Hall–Kier alpha value is -5.24. The summed E-state index contributed by atoms with van der Waals surface area (Å²) in [5, 5.41) is 2.79. The first-order valence-corrected chi connectivity index (χ1v) is 12.4. The smallest absolute Gasteiger partial charge is 0.344 e. The van der Waals surface area contributed by atoms with Gasteiger partial charge >= 0.3 is 11.3 Å². The minimum Gasteiger partial charge on any atom is -0.496 e. The van der Waals surface area contributed by atoms with Crippen molar-refractivity contribution in [3.8, 4) is 45.3 Å². The van der Waals surface area contributed by atoms with Gasteiger partial charge in [0.25, 0.3) is 0 Å². The topological polar surface area (TPSA) is 97.3 Å². The fourth-order valence-electron chi connectivity index (χ4n) is 5.04. The SMILES string of the molecule is COc1cc(OC)c2cc(-c3ccc(-c4cc5c(OC)cc(OC)cc5oc4=O)c4ccccc34)c(=O)oc2c1. The van der Waals surface area contributed by atoms with Gasteiger partial charge in [-0.1, -0.05) is 36.4 Å². The summed E-state index contributed by atoms with van der Waals surface area (Å²) in [4.78, 5) is 26.4. The Balaban J connectivity index is 1.59. The minimum absolute atomic E-state index is 0.352. The van der Waals surface area contributed by atoms with Gasteiger partial charge in [0.1, 0.15) is 34.2 Å². The molecule has 0 saturated heterocycles. The Morgan fingerprint density at radius 2 is 0.900 bits per heavy atom. The fraction of sp³-hybridized carbons (Fsp3) is 0.125. The molecule has 200 valence electrons. The van der Waals surface area contributed by atoms with Crippen LogP contribution in [0.2, 0.25) is 0 Å². The van der Waals surface area contributed by atoms with Crippen LogP contribution in [0.3, 0.4) is 0 Å². The predicted molar refractivity (Wildman–Crippen MR) is 153 cm³/mol. The molecule has 0 spiro atoms. The standard InChI is InChI=1S/C32H24O8/c1-35-17-11-27(37-3)25-15-23(31(33)39-29(25)13-17)21-9-10-22(20-8-6-5-7-19(20)21)24-16-26-28(38-4)12-18(36-2)14-30(26)40-32(24)34/h5-16H,1-4H3. The van der Waals surface area contributed by atoms with Crippen molar-refractivity contribution in [2.75, 3.05) is 28.4 Å². The summed E-state index contributed by atoms with van der Waals surface area (Å²) in [6, 6.07) is 21.4. The van der Waals surface area contributed by atoms with E-state index in [0.717, 1.165) is 10.8 Å². The zero-order chi connectivity index (χ0) is 28.0. The Morgan fingerprint density at radius 3 is 1.27 bits per heavy atom. The molecule has 6 aromatic rings. The van der Waals surface area contributed by atoms with E-state index in [-0.39, 0.29) is 0 Å². The largest absolute Gasteiger partial charge is 0.496 e. The van der Waals surface area contributed by atoms with Crippen LogP contribution in [0, 0.1) is 0 Å². The normalized spacial score (nSPS) is 11.2. The van der Waals surface area contributed by atoms with Crippen LogP contribution in [0.4, 0.5) is 0 Å². The van der Waals surface area contributed by atoms with Crippen molar-refractivity contribution in [3.05, 3.63) is 93.6 Å². The van der Waals surface area contributed by atoms with Crippen molar-refractivity contribution < 1.29 is 27.8 Å². The highest BCUT2D eigenvalue weighted by Crippen LogP contribution is 2.39. The molecule has 0 unspecified atom stereocenters. The van der Waals surface area contributed by atoms with Gasteiger partial charge in [0, 0.05) is 24.3 Å². The molecule has 2 aromatic heterocycles. The van der Waals surface area contributed by atoms with Gasteiger partial charge in [-0.15, -0.1) is 0 Å². The van der Waals surface area contributed by atoms with Crippen molar-refractivity contribution in [2.24, 2.45) is 0 Å². The van der Waals surface area contributed by atoms with Crippen LogP contribution in [0.25, 0.3) is 55.0 Å². The monoisotopic (exact) mass is 536 g/mol. The molecular weight excluding hydrogens is 512 g/mol. The number of hydrogen-bond acceptors (Lipinski definition) is 8. The maximum atomic E-state index is 13.2. The molecule has 2 heterocycles. The first-order valence-electron chi connectivity index (χ1n) is 12.4. The van der Waals surface area contributed by atoms with Gasteiger partial charge in [0.2, 0.25) is 0 Å². The number of methoxy groups -OCH3 is 4. The maximum absolute atomic E-state index is 13.2. The van der Waals surface area contributed by atoms with E-state index >= 15 is 0 Å². The number of rotatable bonds is 6. The second-order valence-electron chi connectivity index (χ2n) is 9.08. The third kappa shape index (κ3) is 4.01. The molecule has 0 bridgehead atoms. The summed E-state index contributed by atoms with van der Waals surface area (Å²) in [6.07, 6.45) is 0. The molecule has 0 saturated carbocycles. The Labute approximate surface area is 227 Å². The van der Waals surface area contributed by atoms with Crippen LogP contribution in [0.5, 0.6) is 23.0 Å². The number of hydrogen-bond donors (Lipinski definition) is 0. The molecule has 0 radical (unpaired) electrons. The average molecular weight is 537 g/mol. The van der Waals surface area contributed by atoms with Crippen LogP contribution in [0.15, 0.2) is 91.2 Å². The van der Waals surface area contributed by atoms with E-state index in [0.29, 0.717) is 67.2 Å². The average Bonchev–Trinajstić information content (AvgIpc) is 2.98. The van der Waals surface area contributed by atoms with Crippen LogP contribution >= 0.6 is 0 Å². The van der Waals surface area contributed by atoms with Crippen LogP contribution in [-0.2, 0) is 0 Å². The summed E-state index contributed by atoms with van der Waals surface area (Å²) in [7, 11) is 6.15. The first kappa shape index (κ1) is 25.1. The lowest BCUT2D eigenvalue weighted by molar-refractivity contribution is 0.395. The number of ether oxygens (including phenoxy) is 4. The van der Waals surface area contributed by atoms with Gasteiger partial charge in [-0.05, 0) is 34.0 Å². The van der Waals surface area contributed by atoms with E-state index < -0.39 is 11.3 Å². The van der Waals surface area contributed by atoms with Crippen LogP contribution in [0.1, 0.15) is 0 Å². The van der Waals surface area contributed by atoms with E-state index in [9.17, 15) is 9.59 Å². The molecule has 0 aliphatic carbocycles. The van der Waals surface area contributed by atoms with E-state index in [1.165, 1.54) is 14.2 Å². The minimum atomic E-state index is -0.510. The Bertz CT molecular complexity index is 1900. The third-order valence-electron chi connectivity index (χ3n) is 6.99. The van der Waals surface area contributed by atoms with Crippen LogP contribution < -0.4 is 30.2 Å². The summed E-state index contributed by atoms with van der Waals surface area (Å²) in [5.74, 6) is 2.05.